The molecule has 0 spiro atoms. The molecule has 0 atom stereocenters. The Kier molecular flexibility index (Phi) is 11.8. The minimum atomic E-state index is -0.226. The third kappa shape index (κ3) is 8.13. The molecule has 5 heterocycles. The highest BCUT2D eigenvalue weighted by molar-refractivity contribution is 7.00. The van der Waals surface area contributed by atoms with Crippen LogP contribution in [-0.2, 0) is 16.2 Å². The minimum Gasteiger partial charge on any atom is -0.455 e. The van der Waals surface area contributed by atoms with Gasteiger partial charge in [0.05, 0.1) is 16.7 Å². The summed E-state index contributed by atoms with van der Waals surface area (Å²) >= 11 is 0. The Morgan fingerprint density at radius 2 is 1.05 bits per heavy atom. The fourth-order valence-electron chi connectivity index (χ4n) is 14.1. The van der Waals surface area contributed by atoms with E-state index in [2.05, 4.69) is 274 Å². The number of nitrogens with zero attached hydrogens (tertiary/aromatic N) is 3. The summed E-state index contributed by atoms with van der Waals surface area (Å²) in [6.45, 7) is 34.4. The zero-order valence-corrected chi connectivity index (χ0v) is 51.2. The summed E-state index contributed by atoms with van der Waals surface area (Å²) in [6, 6.07) is 72.4. The number of anilines is 6. The lowest BCUT2D eigenvalue weighted by Crippen LogP contribution is -2.61. The number of aryl methyl sites for hydroxylation is 2. The van der Waals surface area contributed by atoms with Crippen LogP contribution in [-0.4, -0.2) is 11.3 Å². The Hall–Kier alpha value is -9.52. The smallest absolute Gasteiger partial charge is 0.252 e. The molecule has 0 N–H and O–H groups in total. The molecule has 2 aliphatic rings. The van der Waals surface area contributed by atoms with Gasteiger partial charge in [-0.1, -0.05) is 191 Å². The monoisotopic (exact) mass is 1120 g/mol. The summed E-state index contributed by atoms with van der Waals surface area (Å²) in [5, 5.41) is 6.60. The number of fused-ring (bicyclic) bond motifs is 11. The second kappa shape index (κ2) is 19.0. The Morgan fingerprint density at radius 1 is 0.465 bits per heavy atom. The summed E-state index contributed by atoms with van der Waals surface area (Å²) in [5.74, 6) is 0. The SMILES string of the molecule is C=C/C(c1cc(C)c(N2c3cc4c(cc3B3c5ccc(C(C)(C)C)cc5N(c5ccc(-c6cccc7c6oc6ccccc67)cc5)c5cc(C(C)(C)C)cc2c53)c2cc(C(C)(C)C)ccc2n4-c2ccccc2)c(C)c1)=c1/oc2ccccc2c1=C. The van der Waals surface area contributed by atoms with Crippen LogP contribution in [0, 0.1) is 13.8 Å². The highest BCUT2D eigenvalue weighted by atomic mass is 16.3. The first-order valence-corrected chi connectivity index (χ1v) is 30.3. The molecule has 0 unspecified atom stereocenters. The Balaban J connectivity index is 1.04. The topological polar surface area (TPSA) is 37.7 Å². The van der Waals surface area contributed by atoms with E-state index < -0.39 is 0 Å². The molecule has 0 saturated heterocycles. The van der Waals surface area contributed by atoms with Crippen LogP contribution in [0.15, 0.2) is 216 Å². The summed E-state index contributed by atoms with van der Waals surface area (Å²) in [5.41, 5.74) is 27.5. The number of rotatable bonds is 6. The lowest BCUT2D eigenvalue weighted by atomic mass is 9.33. The van der Waals surface area contributed by atoms with E-state index in [0.29, 0.717) is 0 Å². The number of benzene rings is 10. The third-order valence-electron chi connectivity index (χ3n) is 18.6. The molecule has 6 heteroatoms. The van der Waals surface area contributed by atoms with Crippen molar-refractivity contribution in [1.82, 2.24) is 4.57 Å². The van der Waals surface area contributed by atoms with Crippen molar-refractivity contribution in [2.45, 2.75) is 92.4 Å². The first kappa shape index (κ1) is 53.2. The molecule has 0 fully saturated rings. The van der Waals surface area contributed by atoms with Crippen molar-refractivity contribution in [2.24, 2.45) is 0 Å². The normalized spacial score (nSPS) is 13.7. The van der Waals surface area contributed by atoms with Crippen LogP contribution in [0.5, 0.6) is 0 Å². The third-order valence-corrected chi connectivity index (χ3v) is 18.6. The van der Waals surface area contributed by atoms with Crippen molar-refractivity contribution >= 4 is 124 Å². The molecular weight excluding hydrogens is 1050 g/mol. The molecule has 0 bridgehead atoms. The predicted octanol–water partition coefficient (Wildman–Crippen LogP) is 18.5. The molecule has 5 nitrogen and oxygen atoms in total. The van der Waals surface area contributed by atoms with Gasteiger partial charge in [-0.05, 0) is 170 Å². The van der Waals surface area contributed by atoms with Crippen molar-refractivity contribution in [1.29, 1.82) is 0 Å². The number of aromatic nitrogens is 1. The van der Waals surface area contributed by atoms with Gasteiger partial charge in [0.15, 0.2) is 0 Å². The van der Waals surface area contributed by atoms with E-state index in [0.717, 1.165) is 105 Å². The number of allylic oxidation sites excluding steroid dienone is 1. The van der Waals surface area contributed by atoms with Gasteiger partial charge in [0, 0.05) is 77.4 Å². The van der Waals surface area contributed by atoms with Crippen LogP contribution in [0.25, 0.3) is 83.7 Å². The van der Waals surface area contributed by atoms with Crippen LogP contribution in [0.2, 0.25) is 0 Å². The van der Waals surface area contributed by atoms with E-state index in [1.807, 2.05) is 30.3 Å². The van der Waals surface area contributed by atoms with Crippen molar-refractivity contribution in [3.63, 3.8) is 0 Å². The van der Waals surface area contributed by atoms with Gasteiger partial charge in [0.25, 0.3) is 6.71 Å². The van der Waals surface area contributed by atoms with Gasteiger partial charge in [-0.3, -0.25) is 0 Å². The summed E-state index contributed by atoms with van der Waals surface area (Å²) in [4.78, 5) is 5.21. The van der Waals surface area contributed by atoms with Gasteiger partial charge < -0.3 is 23.2 Å². The molecule has 3 aromatic heterocycles. The maximum atomic E-state index is 6.63. The number of hydrogen-bond donors (Lipinski definition) is 0. The predicted molar refractivity (Wildman–Crippen MR) is 367 cm³/mol. The average molecular weight is 1120 g/mol. The van der Waals surface area contributed by atoms with Crippen LogP contribution >= 0.6 is 0 Å². The molecule has 2 aliphatic heterocycles. The van der Waals surface area contributed by atoms with Crippen LogP contribution < -0.4 is 36.8 Å². The van der Waals surface area contributed by atoms with Crippen molar-refractivity contribution in [3.8, 4) is 16.8 Å². The van der Waals surface area contributed by atoms with Crippen LogP contribution in [0.3, 0.4) is 0 Å². The number of furan rings is 2. The van der Waals surface area contributed by atoms with Crippen LogP contribution in [0.4, 0.5) is 34.1 Å². The molecule has 0 aliphatic carbocycles. The van der Waals surface area contributed by atoms with Gasteiger partial charge in [0.1, 0.15) is 22.2 Å². The largest absolute Gasteiger partial charge is 0.455 e. The molecule has 13 aromatic rings. The summed E-state index contributed by atoms with van der Waals surface area (Å²) in [6.07, 6.45) is 1.93. The Labute approximate surface area is 504 Å². The van der Waals surface area contributed by atoms with E-state index in [-0.39, 0.29) is 23.0 Å². The van der Waals surface area contributed by atoms with E-state index in [9.17, 15) is 0 Å². The van der Waals surface area contributed by atoms with Crippen LogP contribution in [0.1, 0.15) is 95.7 Å². The van der Waals surface area contributed by atoms with Gasteiger partial charge in [-0.25, -0.2) is 0 Å². The zero-order valence-electron chi connectivity index (χ0n) is 51.2. The maximum Gasteiger partial charge on any atom is 0.252 e. The zero-order chi connectivity index (χ0) is 59.5. The van der Waals surface area contributed by atoms with E-state index in [1.54, 1.807) is 0 Å². The fraction of sp³-hybridized carbons (Fsp3) is 0.175. The molecule has 420 valence electrons. The number of para-hydroxylation sites is 4. The molecule has 10 aromatic carbocycles. The fourth-order valence-corrected chi connectivity index (χ4v) is 14.1. The first-order valence-electron chi connectivity index (χ1n) is 30.3. The van der Waals surface area contributed by atoms with E-state index >= 15 is 0 Å². The Morgan fingerprint density at radius 3 is 1.72 bits per heavy atom. The molecule has 0 amide bonds. The Bertz CT molecular complexity index is 5110. The van der Waals surface area contributed by atoms with Gasteiger partial charge >= 0.3 is 0 Å². The van der Waals surface area contributed by atoms with E-state index in [1.165, 1.54) is 66.4 Å². The second-order valence-corrected chi connectivity index (χ2v) is 27.2. The highest BCUT2D eigenvalue weighted by Gasteiger charge is 2.45. The number of hydrogen-bond acceptors (Lipinski definition) is 4. The molecule has 15 rings (SSSR count). The molecule has 0 radical (unpaired) electrons. The van der Waals surface area contributed by atoms with Crippen molar-refractivity contribution in [3.05, 3.63) is 251 Å². The molecule has 86 heavy (non-hydrogen) atoms. The standard InChI is InChI=1S/C80H70BN3O2/c1-14-57(76-49(4)58-25-18-20-29-72(58)85-76)51-39-47(2)75(48(3)40-51)84-69-46-67-63(62-41-52(78(5,6)7)34-38-66(62)82(67)55-23-16-15-17-24-55)45-65(69)81-64-37-33-53(79(8,9)10)42-68(64)83(70-43-54(80(11,12)13)44-71(84)74(70)81)56-35-31-50(32-36-56)59-27-22-28-61-60-26-19-21-30-73(60)86-77(59)61/h14-46H,1,4H2,2-3,5-13H3/b76-57-. The maximum absolute atomic E-state index is 6.63. The lowest BCUT2D eigenvalue weighted by molar-refractivity contribution is 0.573. The summed E-state index contributed by atoms with van der Waals surface area (Å²) < 4.78 is 15.7. The van der Waals surface area contributed by atoms with Gasteiger partial charge in [0.2, 0.25) is 0 Å². The van der Waals surface area contributed by atoms with Gasteiger partial charge in [-0.15, -0.1) is 0 Å². The molecular formula is C80H70BN3O2. The second-order valence-electron chi connectivity index (χ2n) is 27.2. The van der Waals surface area contributed by atoms with Crippen molar-refractivity contribution in [2.75, 3.05) is 9.80 Å². The van der Waals surface area contributed by atoms with Gasteiger partial charge in [-0.2, -0.15) is 0 Å². The van der Waals surface area contributed by atoms with E-state index in [4.69, 9.17) is 8.83 Å². The average Bonchev–Trinajstić information content (AvgIpc) is 1.06. The quantitative estimate of drug-likeness (QED) is 0.156. The summed E-state index contributed by atoms with van der Waals surface area (Å²) in [7, 11) is 0. The molecule has 0 saturated carbocycles. The minimum absolute atomic E-state index is 0.0574. The van der Waals surface area contributed by atoms with Crippen molar-refractivity contribution < 1.29 is 8.83 Å². The highest BCUT2D eigenvalue weighted by Crippen LogP contribution is 2.50. The lowest BCUT2D eigenvalue weighted by Gasteiger charge is -2.46. The first-order chi connectivity index (χ1) is 41.2.